The maximum Gasteiger partial charge on any atom is 0.337 e. The van der Waals surface area contributed by atoms with Crippen molar-refractivity contribution in [2.24, 2.45) is 0 Å². The predicted molar refractivity (Wildman–Crippen MR) is 81.9 cm³/mol. The summed E-state index contributed by atoms with van der Waals surface area (Å²) in [6.07, 6.45) is 0. The Kier molecular flexibility index (Phi) is 4.11. The van der Waals surface area contributed by atoms with Crippen molar-refractivity contribution in [3.63, 3.8) is 0 Å². The van der Waals surface area contributed by atoms with Crippen molar-refractivity contribution in [2.45, 2.75) is 6.54 Å². The van der Waals surface area contributed by atoms with Crippen LogP contribution in [0.4, 0.5) is 11.4 Å². The molecule has 0 spiro atoms. The number of carboxylic acids is 1. The van der Waals surface area contributed by atoms with Gasteiger partial charge < -0.3 is 15.7 Å². The number of thiophene rings is 1. The summed E-state index contributed by atoms with van der Waals surface area (Å²) in [6, 6.07) is 7.08. The number of aromatic carboxylic acids is 1. The second kappa shape index (κ2) is 5.63. The minimum atomic E-state index is -1.01. The molecule has 0 saturated carbocycles. The molecule has 0 amide bonds. The van der Waals surface area contributed by atoms with Gasteiger partial charge in [-0.05, 0) is 45.1 Å². The fourth-order valence-corrected chi connectivity index (χ4v) is 3.06. The Morgan fingerprint density at radius 3 is 2.84 bits per heavy atom. The second-order valence-electron chi connectivity index (χ2n) is 4.16. The molecule has 100 valence electrons. The molecular weight excluding hydrogens is 328 g/mol. The third kappa shape index (κ3) is 3.08. The highest BCUT2D eigenvalue weighted by Crippen LogP contribution is 2.28. The van der Waals surface area contributed by atoms with Gasteiger partial charge in [-0.25, -0.2) is 4.79 Å². The van der Waals surface area contributed by atoms with E-state index in [0.29, 0.717) is 12.2 Å². The van der Waals surface area contributed by atoms with Gasteiger partial charge in [-0.2, -0.15) is 0 Å². The summed E-state index contributed by atoms with van der Waals surface area (Å²) in [4.78, 5) is 13.0. The summed E-state index contributed by atoms with van der Waals surface area (Å²) in [7, 11) is 1.89. The second-order valence-corrected chi connectivity index (χ2v) is 6.45. The van der Waals surface area contributed by atoms with E-state index in [4.69, 9.17) is 10.8 Å². The molecule has 0 fully saturated rings. The maximum absolute atomic E-state index is 11.1. The van der Waals surface area contributed by atoms with Gasteiger partial charge in [-0.15, -0.1) is 11.3 Å². The average Bonchev–Trinajstić information content (AvgIpc) is 2.74. The van der Waals surface area contributed by atoms with E-state index in [1.807, 2.05) is 24.1 Å². The van der Waals surface area contributed by atoms with Crippen molar-refractivity contribution < 1.29 is 9.90 Å². The van der Waals surface area contributed by atoms with E-state index in [1.165, 1.54) is 6.07 Å². The van der Waals surface area contributed by atoms with Crippen LogP contribution in [0.2, 0.25) is 0 Å². The molecule has 1 aromatic carbocycles. The summed E-state index contributed by atoms with van der Waals surface area (Å²) < 4.78 is 1.07. The zero-order valence-electron chi connectivity index (χ0n) is 10.3. The highest BCUT2D eigenvalue weighted by Gasteiger charge is 2.14. The van der Waals surface area contributed by atoms with Gasteiger partial charge in [0.2, 0.25) is 0 Å². The smallest absolute Gasteiger partial charge is 0.337 e. The Bertz CT molecular complexity index is 612. The van der Waals surface area contributed by atoms with Crippen LogP contribution in [-0.4, -0.2) is 18.1 Å². The Morgan fingerprint density at radius 1 is 1.53 bits per heavy atom. The summed E-state index contributed by atoms with van der Waals surface area (Å²) >= 11 is 5.04. The number of hydrogen-bond donors (Lipinski definition) is 2. The molecule has 19 heavy (non-hydrogen) atoms. The topological polar surface area (TPSA) is 66.6 Å². The fraction of sp³-hybridized carbons (Fsp3) is 0.154. The molecule has 0 atom stereocenters. The van der Waals surface area contributed by atoms with Crippen molar-refractivity contribution in [2.75, 3.05) is 17.7 Å². The van der Waals surface area contributed by atoms with E-state index < -0.39 is 5.97 Å². The van der Waals surface area contributed by atoms with Gasteiger partial charge in [-0.3, -0.25) is 0 Å². The minimum absolute atomic E-state index is 0.135. The number of nitrogens with two attached hydrogens (primary N) is 1. The first-order valence-electron chi connectivity index (χ1n) is 5.55. The van der Waals surface area contributed by atoms with Gasteiger partial charge in [0, 0.05) is 13.6 Å². The molecule has 3 N–H and O–H groups in total. The number of carbonyl (C=O) groups is 1. The van der Waals surface area contributed by atoms with Crippen molar-refractivity contribution in [3.05, 3.63) is 44.6 Å². The van der Waals surface area contributed by atoms with Crippen LogP contribution in [-0.2, 0) is 6.54 Å². The Morgan fingerprint density at radius 2 is 2.26 bits per heavy atom. The van der Waals surface area contributed by atoms with Crippen molar-refractivity contribution >= 4 is 44.6 Å². The van der Waals surface area contributed by atoms with E-state index in [9.17, 15) is 4.79 Å². The van der Waals surface area contributed by atoms with Crippen molar-refractivity contribution in [1.82, 2.24) is 0 Å². The number of rotatable bonds is 4. The summed E-state index contributed by atoms with van der Waals surface area (Å²) in [5.41, 5.74) is 8.22. The Balaban J connectivity index is 2.26. The lowest BCUT2D eigenvalue weighted by molar-refractivity contribution is 0.0698. The monoisotopic (exact) mass is 340 g/mol. The van der Waals surface area contributed by atoms with Crippen LogP contribution >= 0.6 is 27.3 Å². The quantitative estimate of drug-likeness (QED) is 0.836. The number of anilines is 2. The van der Waals surface area contributed by atoms with Crippen LogP contribution in [0.25, 0.3) is 0 Å². The highest BCUT2D eigenvalue weighted by molar-refractivity contribution is 9.11. The van der Waals surface area contributed by atoms with Crippen LogP contribution in [0.5, 0.6) is 0 Å². The summed E-state index contributed by atoms with van der Waals surface area (Å²) in [5, 5.41) is 11.1. The standard InChI is InChI=1S/C13H13BrN2O2S/c1-16(6-8-5-11(14)19-7-8)10-4-2-3-9(12(10)15)13(17)18/h2-5,7H,6,15H2,1H3,(H,17,18). The molecule has 0 bridgehead atoms. The molecule has 0 unspecified atom stereocenters. The molecule has 1 heterocycles. The van der Waals surface area contributed by atoms with Crippen LogP contribution in [0, 0.1) is 0 Å². The van der Waals surface area contributed by atoms with Gasteiger partial charge in [0.1, 0.15) is 0 Å². The molecular formula is C13H13BrN2O2S. The molecule has 0 aliphatic rings. The molecule has 0 aliphatic carbocycles. The predicted octanol–water partition coefficient (Wildman–Crippen LogP) is 3.43. The van der Waals surface area contributed by atoms with Crippen molar-refractivity contribution in [1.29, 1.82) is 0 Å². The van der Waals surface area contributed by atoms with Crippen LogP contribution in [0.1, 0.15) is 15.9 Å². The summed E-state index contributed by atoms with van der Waals surface area (Å²) in [6.45, 7) is 0.676. The zero-order valence-corrected chi connectivity index (χ0v) is 12.7. The number of benzene rings is 1. The SMILES string of the molecule is CN(Cc1csc(Br)c1)c1cccc(C(=O)O)c1N. The number of nitrogens with zero attached hydrogens (tertiary/aromatic N) is 1. The molecule has 6 heteroatoms. The number of carboxylic acid groups (broad SMARTS) is 1. The normalized spacial score (nSPS) is 10.4. The zero-order chi connectivity index (χ0) is 14.0. The average molecular weight is 341 g/mol. The molecule has 4 nitrogen and oxygen atoms in total. The van der Waals surface area contributed by atoms with Gasteiger partial charge >= 0.3 is 5.97 Å². The largest absolute Gasteiger partial charge is 0.478 e. The third-order valence-electron chi connectivity index (χ3n) is 2.77. The lowest BCUT2D eigenvalue weighted by Gasteiger charge is -2.21. The van der Waals surface area contributed by atoms with Gasteiger partial charge in [0.05, 0.1) is 20.7 Å². The Labute approximate surface area is 123 Å². The van der Waals surface area contributed by atoms with Crippen LogP contribution < -0.4 is 10.6 Å². The molecule has 0 radical (unpaired) electrons. The van der Waals surface area contributed by atoms with E-state index in [-0.39, 0.29) is 5.56 Å². The van der Waals surface area contributed by atoms with Crippen LogP contribution in [0.15, 0.2) is 33.4 Å². The number of halogens is 1. The number of para-hydroxylation sites is 1. The minimum Gasteiger partial charge on any atom is -0.478 e. The molecule has 2 aromatic rings. The van der Waals surface area contributed by atoms with Crippen molar-refractivity contribution in [3.8, 4) is 0 Å². The van der Waals surface area contributed by atoms with Crippen LogP contribution in [0.3, 0.4) is 0 Å². The highest BCUT2D eigenvalue weighted by atomic mass is 79.9. The molecule has 2 rings (SSSR count). The van der Waals surface area contributed by atoms with E-state index in [2.05, 4.69) is 21.3 Å². The molecule has 0 aliphatic heterocycles. The van der Waals surface area contributed by atoms with Gasteiger partial charge in [-0.1, -0.05) is 6.07 Å². The number of nitrogen functional groups attached to an aromatic ring is 1. The first-order chi connectivity index (χ1) is 8.99. The molecule has 1 aromatic heterocycles. The lowest BCUT2D eigenvalue weighted by Crippen LogP contribution is -2.18. The van der Waals surface area contributed by atoms with E-state index in [0.717, 1.165) is 15.0 Å². The number of hydrogen-bond acceptors (Lipinski definition) is 4. The molecule has 0 saturated heterocycles. The lowest BCUT2D eigenvalue weighted by atomic mass is 10.1. The van der Waals surface area contributed by atoms with E-state index >= 15 is 0 Å². The van der Waals surface area contributed by atoms with E-state index in [1.54, 1.807) is 17.4 Å². The Hall–Kier alpha value is -1.53. The maximum atomic E-state index is 11.1. The third-order valence-corrected chi connectivity index (χ3v) is 4.32. The fourth-order valence-electron chi connectivity index (χ4n) is 1.86. The van der Waals surface area contributed by atoms with Gasteiger partial charge in [0.25, 0.3) is 0 Å². The summed E-state index contributed by atoms with van der Waals surface area (Å²) in [5.74, 6) is -1.01. The first kappa shape index (κ1) is 13.9. The first-order valence-corrected chi connectivity index (χ1v) is 7.22. The van der Waals surface area contributed by atoms with Gasteiger partial charge in [0.15, 0.2) is 0 Å².